The van der Waals surface area contributed by atoms with Gasteiger partial charge in [0.1, 0.15) is 15.7 Å². The molecule has 1 amide bonds. The molecule has 0 bridgehead atoms. The minimum atomic E-state index is -2.70. The van der Waals surface area contributed by atoms with Gasteiger partial charge in [0.2, 0.25) is 0 Å². The molecule has 0 spiro atoms. The predicted octanol–water partition coefficient (Wildman–Crippen LogP) is 5.46. The molecule has 0 unspecified atom stereocenters. The Kier molecular flexibility index (Phi) is 5.42. The van der Waals surface area contributed by atoms with Gasteiger partial charge in [0.05, 0.1) is 16.7 Å². The number of nitrogens with one attached hydrogen (secondary N) is 1. The first kappa shape index (κ1) is 19.7. The van der Waals surface area contributed by atoms with Crippen molar-refractivity contribution >= 4 is 39.6 Å². The number of fused-ring (bicyclic) bond motifs is 1. The molecule has 0 saturated carbocycles. The van der Waals surface area contributed by atoms with Crippen LogP contribution in [0.4, 0.5) is 8.78 Å². The van der Waals surface area contributed by atoms with E-state index in [0.29, 0.717) is 21.6 Å². The van der Waals surface area contributed by atoms with Crippen molar-refractivity contribution in [1.29, 1.82) is 0 Å². The Morgan fingerprint density at radius 2 is 2.03 bits per heavy atom. The van der Waals surface area contributed by atoms with Crippen LogP contribution in [0, 0.1) is 6.92 Å². The van der Waals surface area contributed by atoms with E-state index in [1.165, 1.54) is 11.3 Å². The first-order chi connectivity index (χ1) is 14.0. The van der Waals surface area contributed by atoms with Gasteiger partial charge in [-0.25, -0.2) is 9.97 Å². The third kappa shape index (κ3) is 3.79. The summed E-state index contributed by atoms with van der Waals surface area (Å²) in [5.41, 5.74) is 2.54. The highest BCUT2D eigenvalue weighted by atomic mass is 32.1. The molecular weight excluding hydrogens is 414 g/mol. The second-order valence-electron chi connectivity index (χ2n) is 6.66. The topological polar surface area (TPSA) is 59.8 Å². The number of benzene rings is 1. The van der Waals surface area contributed by atoms with E-state index in [0.717, 1.165) is 15.1 Å². The van der Waals surface area contributed by atoms with Crippen LogP contribution in [-0.2, 0) is 0 Å². The van der Waals surface area contributed by atoms with Crippen molar-refractivity contribution in [3.05, 3.63) is 57.5 Å². The molecule has 150 valence electrons. The molecule has 5 nitrogen and oxygen atoms in total. The Morgan fingerprint density at radius 3 is 2.76 bits per heavy atom. The van der Waals surface area contributed by atoms with Gasteiger partial charge in [-0.3, -0.25) is 9.36 Å². The molecule has 0 saturated heterocycles. The molecule has 3 heterocycles. The number of carbonyl (C=O) groups excluding carboxylic acids is 1. The summed E-state index contributed by atoms with van der Waals surface area (Å²) in [6.45, 7) is 1.06. The van der Waals surface area contributed by atoms with Gasteiger partial charge in [0.25, 0.3) is 5.91 Å². The van der Waals surface area contributed by atoms with Crippen molar-refractivity contribution in [1.82, 2.24) is 19.9 Å². The van der Waals surface area contributed by atoms with Crippen LogP contribution in [0.5, 0.6) is 0 Å². The fourth-order valence-corrected chi connectivity index (χ4v) is 4.84. The molecule has 0 aliphatic heterocycles. The number of rotatable bonds is 6. The Morgan fingerprint density at radius 1 is 1.24 bits per heavy atom. The average Bonchev–Trinajstić information content (AvgIpc) is 3.43. The first-order valence-corrected chi connectivity index (χ1v) is 10.7. The van der Waals surface area contributed by atoms with E-state index in [1.54, 1.807) is 49.4 Å². The number of amides is 1. The number of hydrogen-bond acceptors (Lipinski definition) is 5. The van der Waals surface area contributed by atoms with Gasteiger partial charge < -0.3 is 5.32 Å². The Labute approximate surface area is 174 Å². The summed E-state index contributed by atoms with van der Waals surface area (Å²) in [7, 11) is 0. The molecule has 0 fully saturated rings. The van der Waals surface area contributed by atoms with Gasteiger partial charge >= 0.3 is 6.55 Å². The molecule has 3 aromatic heterocycles. The number of thiophene rings is 1. The molecule has 0 aliphatic rings. The summed E-state index contributed by atoms with van der Waals surface area (Å²) in [5.74, 6) is -0.389. The number of thiazole rings is 1. The van der Waals surface area contributed by atoms with Gasteiger partial charge in [-0.05, 0) is 30.5 Å². The van der Waals surface area contributed by atoms with Crippen molar-refractivity contribution in [2.45, 2.75) is 26.3 Å². The predicted molar refractivity (Wildman–Crippen MR) is 112 cm³/mol. The van der Waals surface area contributed by atoms with Crippen LogP contribution in [0.15, 0.2) is 41.1 Å². The third-order valence-electron chi connectivity index (χ3n) is 4.60. The quantitative estimate of drug-likeness (QED) is 0.440. The van der Waals surface area contributed by atoms with E-state index < -0.39 is 6.55 Å². The van der Waals surface area contributed by atoms with Crippen LogP contribution in [0.25, 0.3) is 21.6 Å². The van der Waals surface area contributed by atoms with Crippen LogP contribution in [-0.4, -0.2) is 27.0 Å². The highest BCUT2D eigenvalue weighted by Gasteiger charge is 2.23. The van der Waals surface area contributed by atoms with Crippen LogP contribution in [0.1, 0.15) is 40.6 Å². The number of hydrogen-bond donors (Lipinski definition) is 1. The van der Waals surface area contributed by atoms with Gasteiger partial charge in [-0.1, -0.05) is 19.1 Å². The van der Waals surface area contributed by atoms with Crippen molar-refractivity contribution in [3.8, 4) is 10.6 Å². The lowest BCUT2D eigenvalue weighted by atomic mass is 10.1. The highest BCUT2D eigenvalue weighted by molar-refractivity contribution is 7.17. The molecule has 9 heteroatoms. The van der Waals surface area contributed by atoms with Crippen LogP contribution in [0.3, 0.4) is 0 Å². The van der Waals surface area contributed by atoms with Gasteiger partial charge in [-0.15, -0.1) is 11.3 Å². The summed E-state index contributed by atoms with van der Waals surface area (Å²) in [4.78, 5) is 22.0. The lowest BCUT2D eigenvalue weighted by molar-refractivity contribution is 0.0704. The number of alkyl halides is 2. The van der Waals surface area contributed by atoms with Crippen LogP contribution < -0.4 is 5.32 Å². The van der Waals surface area contributed by atoms with Crippen molar-refractivity contribution in [3.63, 3.8) is 0 Å². The van der Waals surface area contributed by atoms with E-state index in [4.69, 9.17) is 0 Å². The monoisotopic (exact) mass is 432 g/mol. The zero-order chi connectivity index (χ0) is 20.5. The maximum atomic E-state index is 13.6. The zero-order valence-electron chi connectivity index (χ0n) is 15.7. The second kappa shape index (κ2) is 8.00. The number of carbonyl (C=O) groups is 1. The summed E-state index contributed by atoms with van der Waals surface area (Å²) in [6.07, 6.45) is 0. The summed E-state index contributed by atoms with van der Waals surface area (Å²) in [6, 6.07) is 8.75. The molecule has 4 aromatic rings. The Hall–Kier alpha value is -2.65. The molecule has 29 heavy (non-hydrogen) atoms. The fourth-order valence-electron chi connectivity index (χ4n) is 3.15. The van der Waals surface area contributed by atoms with Crippen LogP contribution >= 0.6 is 22.7 Å². The molecule has 1 atom stereocenters. The maximum absolute atomic E-state index is 13.6. The lowest BCUT2D eigenvalue weighted by Crippen LogP contribution is -2.28. The standard InChI is InChI=1S/C20H18F2N4OS2/c1-11(17-25-14-5-3-4-6-15(14)26(17)20(21)22)9-23-18(27)16-12(2)24-19(29-16)13-7-8-28-10-13/h3-8,10-11,20H,9H2,1-2H3,(H,23,27)/t11-/m0/s1. The number of nitrogens with zero attached hydrogens (tertiary/aromatic N) is 3. The average molecular weight is 433 g/mol. The largest absolute Gasteiger partial charge is 0.351 e. The number of aromatic nitrogens is 3. The van der Waals surface area contributed by atoms with E-state index in [-0.39, 0.29) is 24.2 Å². The second-order valence-corrected chi connectivity index (χ2v) is 8.44. The van der Waals surface area contributed by atoms with Gasteiger partial charge in [-0.2, -0.15) is 20.1 Å². The number of aryl methyl sites for hydroxylation is 1. The molecular formula is C20H18F2N4OS2. The number of para-hydroxylation sites is 2. The zero-order valence-corrected chi connectivity index (χ0v) is 17.4. The number of imidazole rings is 1. The lowest BCUT2D eigenvalue weighted by Gasteiger charge is -2.14. The van der Waals surface area contributed by atoms with Crippen molar-refractivity contribution < 1.29 is 13.6 Å². The summed E-state index contributed by atoms with van der Waals surface area (Å²) in [5, 5.41) is 7.58. The minimum Gasteiger partial charge on any atom is -0.351 e. The minimum absolute atomic E-state index is 0.194. The van der Waals surface area contributed by atoms with E-state index >= 15 is 0 Å². The maximum Gasteiger partial charge on any atom is 0.320 e. The van der Waals surface area contributed by atoms with E-state index in [2.05, 4.69) is 15.3 Å². The van der Waals surface area contributed by atoms with E-state index in [1.807, 2.05) is 16.8 Å². The smallest absolute Gasteiger partial charge is 0.320 e. The number of halogens is 2. The SMILES string of the molecule is Cc1nc(-c2ccsc2)sc1C(=O)NC[C@H](C)c1nc2ccccc2n1C(F)F. The molecule has 0 aliphatic carbocycles. The van der Waals surface area contributed by atoms with E-state index in [9.17, 15) is 13.6 Å². The third-order valence-corrected chi connectivity index (χ3v) is 6.49. The first-order valence-electron chi connectivity index (χ1n) is 8.99. The van der Waals surface area contributed by atoms with Crippen LogP contribution in [0.2, 0.25) is 0 Å². The summed E-state index contributed by atoms with van der Waals surface area (Å²) >= 11 is 2.90. The highest BCUT2D eigenvalue weighted by Crippen LogP contribution is 2.30. The Balaban J connectivity index is 1.52. The Bertz CT molecular complexity index is 1150. The molecule has 4 rings (SSSR count). The fraction of sp³-hybridized carbons (Fsp3) is 0.250. The molecule has 1 aromatic carbocycles. The van der Waals surface area contributed by atoms with Gasteiger partial charge in [0.15, 0.2) is 0 Å². The molecule has 0 radical (unpaired) electrons. The van der Waals surface area contributed by atoms with Gasteiger partial charge in [0, 0.05) is 23.4 Å². The summed E-state index contributed by atoms with van der Waals surface area (Å²) < 4.78 is 28.2. The normalized spacial score (nSPS) is 12.6. The van der Waals surface area contributed by atoms with Crippen molar-refractivity contribution in [2.75, 3.05) is 6.54 Å². The van der Waals surface area contributed by atoms with Crippen molar-refractivity contribution in [2.24, 2.45) is 0 Å². The molecule has 1 N–H and O–H groups in total.